The molecule has 0 aliphatic rings. The van der Waals surface area contributed by atoms with E-state index in [-0.39, 0.29) is 12.4 Å². The zero-order chi connectivity index (χ0) is 11.8. The van der Waals surface area contributed by atoms with Gasteiger partial charge in [-0.2, -0.15) is 0 Å². The summed E-state index contributed by atoms with van der Waals surface area (Å²) in [6.45, 7) is 3.77. The quantitative estimate of drug-likeness (QED) is 0.495. The van der Waals surface area contributed by atoms with Crippen molar-refractivity contribution in [1.29, 1.82) is 0 Å². The number of hydrogen-bond donors (Lipinski definition) is 0. The first-order valence-corrected chi connectivity index (χ1v) is 4.41. The lowest BCUT2D eigenvalue weighted by Gasteiger charge is -2.12. The maximum Gasteiger partial charge on any atom is 0.303 e. The first-order chi connectivity index (χ1) is 6.91. The Morgan fingerprint density at radius 3 is 2.13 bits per heavy atom. The maximum atomic E-state index is 10.7. The molecule has 0 aliphatic carbocycles. The smallest absolute Gasteiger partial charge is 0.303 e. The van der Waals surface area contributed by atoms with Crippen molar-refractivity contribution in [2.45, 2.75) is 26.9 Å². The van der Waals surface area contributed by atoms with E-state index < -0.39 is 18.0 Å². The molecule has 0 spiro atoms. The minimum Gasteiger partial charge on any atom is -0.462 e. The molecule has 0 aromatic rings. The summed E-state index contributed by atoms with van der Waals surface area (Å²) in [5.41, 5.74) is 0. The third-order valence-corrected chi connectivity index (χ3v) is 1.31. The van der Waals surface area contributed by atoms with E-state index in [1.165, 1.54) is 32.9 Å². The van der Waals surface area contributed by atoms with Crippen LogP contribution in [0.5, 0.6) is 0 Å². The molecule has 0 bridgehead atoms. The van der Waals surface area contributed by atoms with Crippen molar-refractivity contribution in [3.05, 3.63) is 12.2 Å². The molecule has 1 unspecified atom stereocenters. The lowest BCUT2D eigenvalue weighted by atomic mass is 10.3. The second-order valence-electron chi connectivity index (χ2n) is 2.92. The number of ketones is 1. The fourth-order valence-electron chi connectivity index (χ4n) is 0.784. The van der Waals surface area contributed by atoms with Crippen LogP contribution in [0.1, 0.15) is 20.8 Å². The Morgan fingerprint density at radius 2 is 1.73 bits per heavy atom. The predicted molar refractivity (Wildman–Crippen MR) is 52.0 cm³/mol. The van der Waals surface area contributed by atoms with Gasteiger partial charge in [0, 0.05) is 13.8 Å². The molecule has 0 aromatic carbocycles. The summed E-state index contributed by atoms with van der Waals surface area (Å²) in [4.78, 5) is 31.8. The lowest BCUT2D eigenvalue weighted by Crippen LogP contribution is -2.21. The summed E-state index contributed by atoms with van der Waals surface area (Å²) in [5.74, 6) is -1.14. The summed E-state index contributed by atoms with van der Waals surface area (Å²) < 4.78 is 9.45. The summed E-state index contributed by atoms with van der Waals surface area (Å²) >= 11 is 0. The molecule has 15 heavy (non-hydrogen) atoms. The van der Waals surface area contributed by atoms with E-state index >= 15 is 0 Å². The molecule has 0 heterocycles. The van der Waals surface area contributed by atoms with Crippen LogP contribution < -0.4 is 0 Å². The van der Waals surface area contributed by atoms with Gasteiger partial charge in [-0.25, -0.2) is 0 Å². The van der Waals surface area contributed by atoms with Gasteiger partial charge in [-0.15, -0.1) is 0 Å². The van der Waals surface area contributed by atoms with Gasteiger partial charge in [0.2, 0.25) is 0 Å². The minimum atomic E-state index is -0.713. The Labute approximate surface area is 88.0 Å². The SMILES string of the molecule is CC(=O)/C=C/C(COC(C)=O)OC(C)=O. The van der Waals surface area contributed by atoms with Crippen molar-refractivity contribution in [3.63, 3.8) is 0 Å². The van der Waals surface area contributed by atoms with Crippen LogP contribution in [0.4, 0.5) is 0 Å². The van der Waals surface area contributed by atoms with Gasteiger partial charge >= 0.3 is 11.9 Å². The van der Waals surface area contributed by atoms with Crippen molar-refractivity contribution >= 4 is 17.7 Å². The number of rotatable bonds is 5. The van der Waals surface area contributed by atoms with Crippen molar-refractivity contribution in [2.24, 2.45) is 0 Å². The molecule has 0 rings (SSSR count). The first-order valence-electron chi connectivity index (χ1n) is 4.41. The number of ether oxygens (including phenoxy) is 2. The van der Waals surface area contributed by atoms with Crippen LogP contribution in [-0.2, 0) is 23.9 Å². The molecule has 0 aliphatic heterocycles. The van der Waals surface area contributed by atoms with Crippen LogP contribution in [-0.4, -0.2) is 30.4 Å². The Hall–Kier alpha value is -1.65. The van der Waals surface area contributed by atoms with E-state index in [4.69, 9.17) is 4.74 Å². The van der Waals surface area contributed by atoms with Gasteiger partial charge in [0.15, 0.2) is 11.9 Å². The topological polar surface area (TPSA) is 69.7 Å². The van der Waals surface area contributed by atoms with Crippen LogP contribution in [0.2, 0.25) is 0 Å². The number of carbonyl (C=O) groups excluding carboxylic acids is 3. The molecule has 0 radical (unpaired) electrons. The molecule has 84 valence electrons. The highest BCUT2D eigenvalue weighted by Gasteiger charge is 2.10. The Kier molecular flexibility index (Phi) is 6.01. The van der Waals surface area contributed by atoms with Crippen LogP contribution >= 0.6 is 0 Å². The second kappa shape index (κ2) is 6.75. The van der Waals surface area contributed by atoms with E-state index in [1.54, 1.807) is 0 Å². The highest BCUT2D eigenvalue weighted by Crippen LogP contribution is 1.97. The standard InChI is InChI=1S/C10H14O5/c1-7(11)4-5-10(15-9(3)13)6-14-8(2)12/h4-5,10H,6H2,1-3H3/b5-4+. The zero-order valence-electron chi connectivity index (χ0n) is 8.98. The monoisotopic (exact) mass is 214 g/mol. The molecule has 1 atom stereocenters. The van der Waals surface area contributed by atoms with E-state index in [0.29, 0.717) is 0 Å². The third-order valence-electron chi connectivity index (χ3n) is 1.31. The fourth-order valence-corrected chi connectivity index (χ4v) is 0.784. The van der Waals surface area contributed by atoms with Gasteiger partial charge in [-0.05, 0) is 19.1 Å². The molecular formula is C10H14O5. The second-order valence-corrected chi connectivity index (χ2v) is 2.92. The Morgan fingerprint density at radius 1 is 1.13 bits per heavy atom. The highest BCUT2D eigenvalue weighted by atomic mass is 16.6. The average Bonchev–Trinajstić information content (AvgIpc) is 2.08. The third kappa shape index (κ3) is 8.67. The summed E-state index contributed by atoms with van der Waals surface area (Å²) in [6, 6.07) is 0. The molecule has 5 nitrogen and oxygen atoms in total. The molecule has 0 amide bonds. The number of hydrogen-bond acceptors (Lipinski definition) is 5. The van der Waals surface area contributed by atoms with Crippen molar-refractivity contribution in [1.82, 2.24) is 0 Å². The van der Waals surface area contributed by atoms with Crippen LogP contribution in [0.3, 0.4) is 0 Å². The molecule has 0 saturated carbocycles. The van der Waals surface area contributed by atoms with Gasteiger partial charge in [0.25, 0.3) is 0 Å². The number of allylic oxidation sites excluding steroid dienone is 1. The van der Waals surface area contributed by atoms with Crippen molar-refractivity contribution < 1.29 is 23.9 Å². The number of carbonyl (C=O) groups is 3. The van der Waals surface area contributed by atoms with Gasteiger partial charge in [0.05, 0.1) is 0 Å². The number of esters is 2. The Balaban J connectivity index is 4.23. The van der Waals surface area contributed by atoms with E-state index in [1.807, 2.05) is 0 Å². The normalized spacial score (nSPS) is 12.2. The van der Waals surface area contributed by atoms with Crippen LogP contribution in [0, 0.1) is 0 Å². The lowest BCUT2D eigenvalue weighted by molar-refractivity contribution is -0.153. The molecule has 0 N–H and O–H groups in total. The van der Waals surface area contributed by atoms with E-state index in [2.05, 4.69) is 4.74 Å². The fraction of sp³-hybridized carbons (Fsp3) is 0.500. The summed E-state index contributed by atoms with van der Waals surface area (Å²) in [6.07, 6.45) is 1.93. The molecule has 0 saturated heterocycles. The molecule has 0 fully saturated rings. The van der Waals surface area contributed by atoms with Gasteiger partial charge < -0.3 is 9.47 Å². The van der Waals surface area contributed by atoms with Crippen molar-refractivity contribution in [3.8, 4) is 0 Å². The molecule has 5 heteroatoms. The van der Waals surface area contributed by atoms with Crippen LogP contribution in [0.25, 0.3) is 0 Å². The summed E-state index contributed by atoms with van der Waals surface area (Å²) in [5, 5.41) is 0. The zero-order valence-corrected chi connectivity index (χ0v) is 8.98. The Bertz CT molecular complexity index is 280. The van der Waals surface area contributed by atoms with E-state index in [9.17, 15) is 14.4 Å². The average molecular weight is 214 g/mol. The van der Waals surface area contributed by atoms with E-state index in [0.717, 1.165) is 0 Å². The van der Waals surface area contributed by atoms with Gasteiger partial charge in [-0.3, -0.25) is 14.4 Å². The van der Waals surface area contributed by atoms with Gasteiger partial charge in [-0.1, -0.05) is 0 Å². The summed E-state index contributed by atoms with van der Waals surface area (Å²) in [7, 11) is 0. The highest BCUT2D eigenvalue weighted by molar-refractivity contribution is 5.87. The first kappa shape index (κ1) is 13.4. The van der Waals surface area contributed by atoms with Crippen molar-refractivity contribution in [2.75, 3.05) is 6.61 Å². The van der Waals surface area contributed by atoms with Crippen LogP contribution in [0.15, 0.2) is 12.2 Å². The predicted octanol–water partition coefficient (Wildman–Crippen LogP) is 0.626. The molecular weight excluding hydrogens is 200 g/mol. The van der Waals surface area contributed by atoms with Gasteiger partial charge in [0.1, 0.15) is 6.61 Å². The minimum absolute atomic E-state index is 0.0846. The largest absolute Gasteiger partial charge is 0.462 e. The molecule has 0 aromatic heterocycles. The maximum absolute atomic E-state index is 10.7.